The van der Waals surface area contributed by atoms with Crippen molar-refractivity contribution in [2.45, 2.75) is 67.3 Å². The lowest BCUT2D eigenvalue weighted by Gasteiger charge is -2.65. The molecular formula is C22H29N3O6. The van der Waals surface area contributed by atoms with Gasteiger partial charge in [-0.1, -0.05) is 6.07 Å². The van der Waals surface area contributed by atoms with Crippen LogP contribution >= 0.6 is 0 Å². The SMILES string of the molecule is CO[C@@]12CC[C@@H](NC(CC(N)=O)C(=O)O)[C@@H]3Oc4c(O)ccc5c4[C@@]31CCN(C)C2C5. The Labute approximate surface area is 180 Å². The molecule has 1 saturated carbocycles. The van der Waals surface area contributed by atoms with Gasteiger partial charge in [0.1, 0.15) is 12.1 Å². The van der Waals surface area contributed by atoms with Gasteiger partial charge in [-0.2, -0.15) is 0 Å². The summed E-state index contributed by atoms with van der Waals surface area (Å²) in [6.07, 6.45) is 2.20. The number of nitrogens with one attached hydrogen (secondary N) is 1. The summed E-state index contributed by atoms with van der Waals surface area (Å²) in [5.74, 6) is -1.21. The first-order valence-electron chi connectivity index (χ1n) is 10.8. The first kappa shape index (κ1) is 20.5. The summed E-state index contributed by atoms with van der Waals surface area (Å²) in [6.45, 7) is 0.848. The topological polar surface area (TPSA) is 134 Å². The molecule has 2 unspecified atom stereocenters. The van der Waals surface area contributed by atoms with E-state index in [1.807, 2.05) is 6.07 Å². The summed E-state index contributed by atoms with van der Waals surface area (Å²) in [7, 11) is 3.87. The highest BCUT2D eigenvalue weighted by molar-refractivity contribution is 5.83. The van der Waals surface area contributed by atoms with Crippen molar-refractivity contribution < 1.29 is 29.3 Å². The number of methoxy groups -OCH3 is 1. The van der Waals surface area contributed by atoms with E-state index in [-0.39, 0.29) is 24.3 Å². The highest BCUT2D eigenvalue weighted by atomic mass is 16.5. The molecule has 1 aromatic rings. The molecule has 2 bridgehead atoms. The fourth-order valence-corrected chi connectivity index (χ4v) is 6.99. The number of carboxylic acids is 1. The molecule has 5 rings (SSSR count). The Balaban J connectivity index is 1.63. The number of carbonyl (C=O) groups excluding carboxylic acids is 1. The van der Waals surface area contributed by atoms with E-state index >= 15 is 0 Å². The average Bonchev–Trinajstić information content (AvgIpc) is 3.08. The Hall–Kier alpha value is -2.36. The number of nitrogens with two attached hydrogens (primary N) is 1. The van der Waals surface area contributed by atoms with Crippen molar-refractivity contribution in [3.05, 3.63) is 23.3 Å². The number of phenolic OH excluding ortho intramolecular Hbond substituents is 1. The maximum Gasteiger partial charge on any atom is 0.321 e. The maximum absolute atomic E-state index is 11.8. The Morgan fingerprint density at radius 3 is 2.87 bits per heavy atom. The molecule has 2 heterocycles. The third-order valence-electron chi connectivity index (χ3n) is 8.17. The molecule has 9 heteroatoms. The Morgan fingerprint density at radius 1 is 1.42 bits per heavy atom. The van der Waals surface area contributed by atoms with Crippen molar-refractivity contribution in [1.82, 2.24) is 10.2 Å². The molecule has 1 amide bonds. The van der Waals surface area contributed by atoms with Gasteiger partial charge in [-0.3, -0.25) is 14.9 Å². The van der Waals surface area contributed by atoms with Crippen LogP contribution in [0.2, 0.25) is 0 Å². The third-order valence-corrected chi connectivity index (χ3v) is 8.17. The zero-order valence-corrected chi connectivity index (χ0v) is 17.8. The van der Waals surface area contributed by atoms with Crippen LogP contribution in [-0.4, -0.2) is 77.5 Å². The third kappa shape index (κ3) is 2.54. The summed E-state index contributed by atoms with van der Waals surface area (Å²) in [4.78, 5) is 25.6. The van der Waals surface area contributed by atoms with Gasteiger partial charge < -0.3 is 30.3 Å². The smallest absolute Gasteiger partial charge is 0.321 e. The van der Waals surface area contributed by atoms with Gasteiger partial charge in [0.2, 0.25) is 5.91 Å². The van der Waals surface area contributed by atoms with Crippen LogP contribution in [0.15, 0.2) is 12.1 Å². The number of piperidine rings is 1. The predicted molar refractivity (Wildman–Crippen MR) is 110 cm³/mol. The fourth-order valence-electron chi connectivity index (χ4n) is 6.99. The molecule has 168 valence electrons. The van der Waals surface area contributed by atoms with Crippen molar-refractivity contribution in [1.29, 1.82) is 0 Å². The van der Waals surface area contributed by atoms with Gasteiger partial charge in [0.05, 0.1) is 17.4 Å². The van der Waals surface area contributed by atoms with Crippen LogP contribution in [0.1, 0.15) is 36.8 Å². The largest absolute Gasteiger partial charge is 0.504 e. The lowest BCUT2D eigenvalue weighted by atomic mass is 9.48. The monoisotopic (exact) mass is 431 g/mol. The lowest BCUT2D eigenvalue weighted by Crippen LogP contribution is -2.78. The van der Waals surface area contributed by atoms with Crippen molar-refractivity contribution in [3.8, 4) is 11.5 Å². The summed E-state index contributed by atoms with van der Waals surface area (Å²) in [6, 6.07) is 2.37. The van der Waals surface area contributed by atoms with Crippen LogP contribution in [0.4, 0.5) is 0 Å². The van der Waals surface area contributed by atoms with Crippen LogP contribution in [0.3, 0.4) is 0 Å². The number of rotatable bonds is 6. The van der Waals surface area contributed by atoms with E-state index in [1.54, 1.807) is 13.2 Å². The maximum atomic E-state index is 11.8. The lowest BCUT2D eigenvalue weighted by molar-refractivity contribution is -0.204. The summed E-state index contributed by atoms with van der Waals surface area (Å²) in [5.41, 5.74) is 6.43. The van der Waals surface area contributed by atoms with Gasteiger partial charge >= 0.3 is 5.97 Å². The van der Waals surface area contributed by atoms with Crippen LogP contribution in [0.25, 0.3) is 0 Å². The van der Waals surface area contributed by atoms with Crippen LogP contribution in [-0.2, 0) is 26.2 Å². The average molecular weight is 431 g/mol. The molecule has 6 atom stereocenters. The van der Waals surface area contributed by atoms with Crippen molar-refractivity contribution in [2.24, 2.45) is 5.73 Å². The number of aromatic hydroxyl groups is 1. The number of primary amides is 1. The van der Waals surface area contributed by atoms with Crippen molar-refractivity contribution in [2.75, 3.05) is 20.7 Å². The number of carboxylic acid groups (broad SMARTS) is 1. The highest BCUT2D eigenvalue weighted by Crippen LogP contribution is 2.66. The first-order valence-corrected chi connectivity index (χ1v) is 10.8. The number of phenols is 1. The number of ether oxygens (including phenoxy) is 2. The summed E-state index contributed by atoms with van der Waals surface area (Å²) < 4.78 is 12.8. The van der Waals surface area contributed by atoms with E-state index in [2.05, 4.69) is 17.3 Å². The zero-order valence-electron chi connectivity index (χ0n) is 17.8. The van der Waals surface area contributed by atoms with Gasteiger partial charge in [-0.05, 0) is 50.9 Å². The van der Waals surface area contributed by atoms with Crippen LogP contribution < -0.4 is 15.8 Å². The second-order valence-electron chi connectivity index (χ2n) is 9.37. The Morgan fingerprint density at radius 2 is 2.19 bits per heavy atom. The van der Waals surface area contributed by atoms with Gasteiger partial charge in [0.25, 0.3) is 0 Å². The number of aliphatic carboxylic acids is 1. The molecule has 4 aliphatic rings. The molecular weight excluding hydrogens is 402 g/mol. The van der Waals surface area contributed by atoms with Crippen molar-refractivity contribution >= 4 is 11.9 Å². The predicted octanol–water partition coefficient (Wildman–Crippen LogP) is 0.117. The molecule has 1 spiro atoms. The molecule has 1 saturated heterocycles. The quantitative estimate of drug-likeness (QED) is 0.499. The molecule has 0 aromatic heterocycles. The van der Waals surface area contributed by atoms with E-state index < -0.39 is 35.0 Å². The molecule has 0 radical (unpaired) electrons. The van der Waals surface area contributed by atoms with Gasteiger partial charge in [0, 0.05) is 24.8 Å². The van der Waals surface area contributed by atoms with E-state index in [0.29, 0.717) is 18.6 Å². The second kappa shape index (κ2) is 6.82. The number of benzene rings is 1. The standard InChI is InChI=1S/C22H29N3O6/c1-25-8-7-21-17-11-3-4-14(26)18(17)31-19(21)12(24-13(20(28)29)10-16(23)27)5-6-22(21,30-2)15(25)9-11/h3-4,12-13,15,19,24,26H,5-10H2,1-2H3,(H2,23,27)(H,28,29)/t12-,13?,15?,19+,21+,22-/m1/s1. The number of likely N-dealkylation sites (tertiary alicyclic amines) is 1. The number of hydrogen-bond acceptors (Lipinski definition) is 7. The van der Waals surface area contributed by atoms with E-state index in [4.69, 9.17) is 15.2 Å². The molecule has 31 heavy (non-hydrogen) atoms. The van der Waals surface area contributed by atoms with Crippen molar-refractivity contribution in [3.63, 3.8) is 0 Å². The Bertz CT molecular complexity index is 953. The van der Waals surface area contributed by atoms with E-state index in [0.717, 1.165) is 30.5 Å². The minimum atomic E-state index is -1.12. The number of likely N-dealkylation sites (N-methyl/N-ethyl adjacent to an activating group) is 1. The normalized spacial score (nSPS) is 36.4. The van der Waals surface area contributed by atoms with Gasteiger partial charge in [-0.25, -0.2) is 0 Å². The highest BCUT2D eigenvalue weighted by Gasteiger charge is 2.73. The minimum absolute atomic E-state index is 0.0931. The fraction of sp³-hybridized carbons (Fsp3) is 0.636. The Kier molecular flexibility index (Phi) is 4.52. The van der Waals surface area contributed by atoms with Crippen LogP contribution in [0, 0.1) is 0 Å². The van der Waals surface area contributed by atoms with E-state index in [1.165, 1.54) is 0 Å². The summed E-state index contributed by atoms with van der Waals surface area (Å²) >= 11 is 0. The zero-order chi connectivity index (χ0) is 22.1. The van der Waals surface area contributed by atoms with E-state index in [9.17, 15) is 19.8 Å². The first-order chi connectivity index (χ1) is 14.7. The molecule has 5 N–H and O–H groups in total. The second-order valence-corrected chi connectivity index (χ2v) is 9.37. The van der Waals surface area contributed by atoms with Gasteiger partial charge in [0.15, 0.2) is 11.5 Å². The number of nitrogens with zero attached hydrogens (tertiary/aromatic N) is 1. The number of carbonyl (C=O) groups is 2. The van der Waals surface area contributed by atoms with Gasteiger partial charge in [-0.15, -0.1) is 0 Å². The molecule has 9 nitrogen and oxygen atoms in total. The van der Waals surface area contributed by atoms with Crippen LogP contribution in [0.5, 0.6) is 11.5 Å². The molecule has 1 aromatic carbocycles. The molecule has 2 aliphatic carbocycles. The summed E-state index contributed by atoms with van der Waals surface area (Å²) in [5, 5.41) is 23.4. The molecule has 2 aliphatic heterocycles. The molecule has 2 fully saturated rings. The minimum Gasteiger partial charge on any atom is -0.504 e. The number of hydrogen-bond donors (Lipinski definition) is 4. The number of amides is 1.